The normalized spacial score (nSPS) is 12.4. The molecule has 0 aliphatic heterocycles. The minimum Gasteiger partial charge on any atom is -0.479 e. The molecule has 1 N–H and O–H groups in total. The van der Waals surface area contributed by atoms with Crippen LogP contribution in [-0.4, -0.2) is 24.1 Å². The zero-order valence-corrected chi connectivity index (χ0v) is 14.2. The highest BCUT2D eigenvalue weighted by Crippen LogP contribution is 2.15. The first kappa shape index (κ1) is 18.9. The summed E-state index contributed by atoms with van der Waals surface area (Å²) in [5.41, 5.74) is 0.861. The van der Waals surface area contributed by atoms with Crippen LogP contribution in [-0.2, 0) is 14.3 Å². The second-order valence-corrected chi connectivity index (χ2v) is 5.47. The molecule has 26 heavy (non-hydrogen) atoms. The van der Waals surface area contributed by atoms with Crippen molar-refractivity contribution in [1.29, 1.82) is 5.26 Å². The molecule has 0 spiro atoms. The summed E-state index contributed by atoms with van der Waals surface area (Å²) in [4.78, 5) is 24.1. The summed E-state index contributed by atoms with van der Waals surface area (Å²) in [6.07, 6.45) is -2.00. The third-order valence-corrected chi connectivity index (χ3v) is 3.40. The van der Waals surface area contributed by atoms with E-state index in [1.165, 1.54) is 38.1 Å². The van der Waals surface area contributed by atoms with Crippen LogP contribution >= 0.6 is 0 Å². The Labute approximate surface area is 150 Å². The van der Waals surface area contributed by atoms with E-state index >= 15 is 0 Å². The quantitative estimate of drug-likeness (QED) is 0.804. The van der Waals surface area contributed by atoms with E-state index in [1.807, 2.05) is 6.07 Å². The van der Waals surface area contributed by atoms with E-state index in [9.17, 15) is 14.0 Å². The summed E-state index contributed by atoms with van der Waals surface area (Å²) < 4.78 is 23.4. The second-order valence-electron chi connectivity index (χ2n) is 5.47. The molecular formula is C19H17FN2O4. The summed E-state index contributed by atoms with van der Waals surface area (Å²) in [6, 6.07) is 13.4. The van der Waals surface area contributed by atoms with Gasteiger partial charge in [-0.3, -0.25) is 4.79 Å². The first-order chi connectivity index (χ1) is 12.4. The van der Waals surface area contributed by atoms with Crippen LogP contribution in [0.5, 0.6) is 5.75 Å². The Morgan fingerprint density at radius 2 is 1.65 bits per heavy atom. The summed E-state index contributed by atoms with van der Waals surface area (Å²) >= 11 is 0. The molecule has 0 fully saturated rings. The van der Waals surface area contributed by atoms with Gasteiger partial charge in [-0.1, -0.05) is 0 Å². The molecule has 0 unspecified atom stereocenters. The van der Waals surface area contributed by atoms with Crippen LogP contribution in [0.15, 0.2) is 48.5 Å². The fourth-order valence-corrected chi connectivity index (χ4v) is 1.96. The monoisotopic (exact) mass is 356 g/mol. The van der Waals surface area contributed by atoms with E-state index in [0.717, 1.165) is 0 Å². The Bertz CT molecular complexity index is 813. The number of anilines is 1. The molecule has 134 valence electrons. The molecule has 2 aromatic rings. The highest BCUT2D eigenvalue weighted by Gasteiger charge is 2.23. The number of amides is 1. The number of nitrogens with zero attached hydrogens (tertiary/aromatic N) is 1. The molecule has 0 saturated carbocycles. The van der Waals surface area contributed by atoms with E-state index in [2.05, 4.69) is 5.32 Å². The van der Waals surface area contributed by atoms with Gasteiger partial charge in [0.25, 0.3) is 5.91 Å². The highest BCUT2D eigenvalue weighted by molar-refractivity contribution is 5.95. The fourth-order valence-electron chi connectivity index (χ4n) is 1.96. The van der Waals surface area contributed by atoms with E-state index in [-0.39, 0.29) is 0 Å². The number of ether oxygens (including phenoxy) is 2. The van der Waals surface area contributed by atoms with Crippen molar-refractivity contribution in [2.24, 2.45) is 0 Å². The number of carbonyl (C=O) groups excluding carboxylic acids is 2. The zero-order chi connectivity index (χ0) is 19.1. The van der Waals surface area contributed by atoms with Crippen molar-refractivity contribution < 1.29 is 23.5 Å². The van der Waals surface area contributed by atoms with E-state index in [0.29, 0.717) is 17.0 Å². The number of hydrogen-bond acceptors (Lipinski definition) is 5. The molecule has 2 rings (SSSR count). The van der Waals surface area contributed by atoms with Crippen LogP contribution in [0.4, 0.5) is 10.1 Å². The predicted octanol–water partition coefficient (Wildman–Crippen LogP) is 3.04. The maximum Gasteiger partial charge on any atom is 0.347 e. The Morgan fingerprint density at radius 1 is 1.04 bits per heavy atom. The van der Waals surface area contributed by atoms with Crippen molar-refractivity contribution in [2.45, 2.75) is 26.1 Å². The molecule has 7 heteroatoms. The lowest BCUT2D eigenvalue weighted by molar-refractivity contribution is -0.159. The first-order valence-corrected chi connectivity index (χ1v) is 7.83. The topological polar surface area (TPSA) is 88.4 Å². The Kier molecular flexibility index (Phi) is 6.28. The lowest BCUT2D eigenvalue weighted by Crippen LogP contribution is -2.35. The molecule has 2 aromatic carbocycles. The van der Waals surface area contributed by atoms with Crippen LogP contribution in [0.1, 0.15) is 19.4 Å². The minimum absolute atomic E-state index is 0.390. The number of hydrogen-bond donors (Lipinski definition) is 1. The molecule has 0 aromatic heterocycles. The Morgan fingerprint density at radius 3 is 2.23 bits per heavy atom. The molecule has 0 aliphatic rings. The van der Waals surface area contributed by atoms with Crippen LogP contribution in [0.2, 0.25) is 0 Å². The number of halogens is 1. The third kappa shape index (κ3) is 5.31. The molecule has 2 atom stereocenters. The van der Waals surface area contributed by atoms with E-state index in [1.54, 1.807) is 24.3 Å². The molecule has 0 saturated heterocycles. The number of rotatable bonds is 6. The average Bonchev–Trinajstić information content (AvgIpc) is 2.64. The van der Waals surface area contributed by atoms with Gasteiger partial charge in [-0.2, -0.15) is 5.26 Å². The van der Waals surface area contributed by atoms with Gasteiger partial charge in [0, 0.05) is 5.69 Å². The summed E-state index contributed by atoms with van der Waals surface area (Å²) in [5, 5.41) is 11.3. The van der Waals surface area contributed by atoms with Gasteiger partial charge in [0.1, 0.15) is 11.6 Å². The van der Waals surface area contributed by atoms with Crippen molar-refractivity contribution in [2.75, 3.05) is 5.32 Å². The van der Waals surface area contributed by atoms with Gasteiger partial charge >= 0.3 is 5.97 Å². The molecule has 0 bridgehead atoms. The molecule has 0 aliphatic carbocycles. The van der Waals surface area contributed by atoms with Gasteiger partial charge < -0.3 is 14.8 Å². The maximum atomic E-state index is 12.9. The van der Waals surface area contributed by atoms with Crippen molar-refractivity contribution in [3.8, 4) is 11.8 Å². The number of nitrogens with one attached hydrogen (secondary N) is 1. The average molecular weight is 356 g/mol. The molecule has 0 heterocycles. The van der Waals surface area contributed by atoms with Crippen LogP contribution in [0, 0.1) is 17.1 Å². The van der Waals surface area contributed by atoms with Crippen LogP contribution < -0.4 is 10.1 Å². The summed E-state index contributed by atoms with van der Waals surface area (Å²) in [7, 11) is 0. The second kappa shape index (κ2) is 8.62. The van der Waals surface area contributed by atoms with Crippen molar-refractivity contribution in [3.05, 3.63) is 59.9 Å². The Balaban J connectivity index is 1.87. The van der Waals surface area contributed by atoms with Gasteiger partial charge in [0.05, 0.1) is 11.6 Å². The molecule has 0 radical (unpaired) electrons. The van der Waals surface area contributed by atoms with Gasteiger partial charge in [0.2, 0.25) is 0 Å². The fraction of sp³-hybridized carbons (Fsp3) is 0.211. The maximum absolute atomic E-state index is 12.9. The molecule has 1 amide bonds. The zero-order valence-electron chi connectivity index (χ0n) is 14.2. The van der Waals surface area contributed by atoms with E-state index in [4.69, 9.17) is 14.7 Å². The van der Waals surface area contributed by atoms with Gasteiger partial charge in [0.15, 0.2) is 12.2 Å². The van der Waals surface area contributed by atoms with Gasteiger partial charge in [-0.15, -0.1) is 0 Å². The number of esters is 1. The predicted molar refractivity (Wildman–Crippen MR) is 91.8 cm³/mol. The van der Waals surface area contributed by atoms with Crippen LogP contribution in [0.25, 0.3) is 0 Å². The number of nitriles is 1. The van der Waals surface area contributed by atoms with Crippen molar-refractivity contribution in [3.63, 3.8) is 0 Å². The lowest BCUT2D eigenvalue weighted by atomic mass is 10.2. The standard InChI is InChI=1S/C19H17FN2O4/c1-12(18(23)22-16-7-5-15(20)6-8-16)26-19(24)13(2)25-17-9-3-14(11-21)4-10-17/h3-10,12-13H,1-2H3,(H,22,23)/t12-,13-/m1/s1. The van der Waals surface area contributed by atoms with E-state index < -0.39 is 29.9 Å². The lowest BCUT2D eigenvalue weighted by Gasteiger charge is -2.17. The number of carbonyl (C=O) groups is 2. The first-order valence-electron chi connectivity index (χ1n) is 7.83. The summed E-state index contributed by atoms with van der Waals surface area (Å²) in [6.45, 7) is 2.91. The molecular weight excluding hydrogens is 339 g/mol. The number of benzene rings is 2. The highest BCUT2D eigenvalue weighted by atomic mass is 19.1. The SMILES string of the molecule is C[C@@H](OC(=O)[C@@H](C)Oc1ccc(C#N)cc1)C(=O)Nc1ccc(F)cc1. The van der Waals surface area contributed by atoms with Crippen molar-refractivity contribution in [1.82, 2.24) is 0 Å². The van der Waals surface area contributed by atoms with Crippen molar-refractivity contribution >= 4 is 17.6 Å². The Hall–Kier alpha value is -3.40. The summed E-state index contributed by atoms with van der Waals surface area (Å²) in [5.74, 6) is -1.28. The van der Waals surface area contributed by atoms with Gasteiger partial charge in [-0.05, 0) is 62.4 Å². The molecule has 6 nitrogen and oxygen atoms in total. The smallest absolute Gasteiger partial charge is 0.347 e. The third-order valence-electron chi connectivity index (χ3n) is 3.40. The van der Waals surface area contributed by atoms with Crippen LogP contribution in [0.3, 0.4) is 0 Å². The van der Waals surface area contributed by atoms with Gasteiger partial charge in [-0.25, -0.2) is 9.18 Å². The largest absolute Gasteiger partial charge is 0.479 e. The minimum atomic E-state index is -1.06.